The van der Waals surface area contributed by atoms with Crippen LogP contribution < -0.4 is 21.3 Å². The number of amides is 1. The Bertz CT molecular complexity index is 626. The van der Waals surface area contributed by atoms with Crippen LogP contribution in [0.5, 0.6) is 0 Å². The van der Waals surface area contributed by atoms with Crippen LogP contribution >= 0.6 is 12.2 Å². The number of anilines is 1. The maximum atomic E-state index is 11.8. The van der Waals surface area contributed by atoms with Crippen molar-refractivity contribution in [1.29, 1.82) is 0 Å². The molecule has 21 heavy (non-hydrogen) atoms. The Kier molecular flexibility index (Phi) is 5.64. The van der Waals surface area contributed by atoms with E-state index in [0.29, 0.717) is 12.1 Å². The molecule has 0 unspecified atom stereocenters. The van der Waals surface area contributed by atoms with Crippen molar-refractivity contribution in [2.24, 2.45) is 16.8 Å². The molecule has 1 aromatic rings. The van der Waals surface area contributed by atoms with E-state index in [0.717, 1.165) is 0 Å². The smallest absolute Gasteiger partial charge is 0.239 e. The minimum Gasteiger partial charge on any atom is -0.374 e. The van der Waals surface area contributed by atoms with Gasteiger partial charge in [-0.3, -0.25) is 10.2 Å². The molecule has 0 fully saturated rings. The highest BCUT2D eigenvalue weighted by molar-refractivity contribution is 7.89. The Labute approximate surface area is 129 Å². The lowest BCUT2D eigenvalue weighted by molar-refractivity contribution is -0.121. The predicted molar refractivity (Wildman–Crippen MR) is 84.7 cm³/mol. The first-order valence-corrected chi connectivity index (χ1v) is 8.08. The highest BCUT2D eigenvalue weighted by atomic mass is 32.2. The van der Waals surface area contributed by atoms with Crippen molar-refractivity contribution in [2.45, 2.75) is 25.2 Å². The van der Waals surface area contributed by atoms with E-state index in [1.54, 1.807) is 0 Å². The summed E-state index contributed by atoms with van der Waals surface area (Å²) >= 11 is 4.88. The molecule has 5 N–H and O–H groups in total. The normalized spacial score (nSPS) is 11.2. The van der Waals surface area contributed by atoms with E-state index in [2.05, 4.69) is 5.43 Å². The van der Waals surface area contributed by atoms with Crippen LogP contribution in [0.25, 0.3) is 0 Å². The Balaban J connectivity index is 2.97. The second-order valence-electron chi connectivity index (χ2n) is 4.85. The maximum absolute atomic E-state index is 11.8. The third-order valence-electron chi connectivity index (χ3n) is 2.47. The summed E-state index contributed by atoms with van der Waals surface area (Å²) in [7, 11) is -3.77. The van der Waals surface area contributed by atoms with Crippen molar-refractivity contribution in [1.82, 2.24) is 5.43 Å². The SMILES string of the molecule is CC(C)CC(=O)NN(C(N)=S)c1ccc(S(N)(=O)=O)cc1. The number of hydrogen-bond donors (Lipinski definition) is 3. The molecule has 9 heteroatoms. The summed E-state index contributed by atoms with van der Waals surface area (Å²) in [5, 5.41) is 6.17. The number of sulfonamides is 1. The highest BCUT2D eigenvalue weighted by Crippen LogP contribution is 2.16. The molecule has 0 aliphatic heterocycles. The van der Waals surface area contributed by atoms with Crippen LogP contribution in [0.1, 0.15) is 20.3 Å². The Hall–Kier alpha value is -1.71. The fourth-order valence-electron chi connectivity index (χ4n) is 1.57. The molecule has 0 aliphatic carbocycles. The van der Waals surface area contributed by atoms with Gasteiger partial charge in [-0.1, -0.05) is 13.8 Å². The Morgan fingerprint density at radius 1 is 1.33 bits per heavy atom. The summed E-state index contributed by atoms with van der Waals surface area (Å²) in [6.07, 6.45) is 0.314. The van der Waals surface area contributed by atoms with Crippen LogP contribution in [0.3, 0.4) is 0 Å². The third-order valence-corrected chi connectivity index (χ3v) is 3.59. The lowest BCUT2D eigenvalue weighted by Gasteiger charge is -2.24. The molecule has 0 spiro atoms. The Morgan fingerprint density at radius 2 is 1.86 bits per heavy atom. The number of nitrogens with zero attached hydrogens (tertiary/aromatic N) is 1. The van der Waals surface area contributed by atoms with Gasteiger partial charge in [-0.25, -0.2) is 18.6 Å². The van der Waals surface area contributed by atoms with Gasteiger partial charge in [0.15, 0.2) is 5.11 Å². The number of rotatable bonds is 4. The number of nitrogens with one attached hydrogen (secondary N) is 1. The van der Waals surface area contributed by atoms with Gasteiger partial charge in [-0.15, -0.1) is 0 Å². The number of nitrogens with two attached hydrogens (primary N) is 2. The zero-order valence-corrected chi connectivity index (χ0v) is 13.4. The number of benzene rings is 1. The van der Waals surface area contributed by atoms with Crippen LogP contribution in [0, 0.1) is 5.92 Å². The zero-order valence-electron chi connectivity index (χ0n) is 11.7. The number of hydrogen-bond acceptors (Lipinski definition) is 4. The van der Waals surface area contributed by atoms with Crippen LogP contribution in [-0.2, 0) is 14.8 Å². The van der Waals surface area contributed by atoms with E-state index in [1.807, 2.05) is 13.8 Å². The average molecular weight is 330 g/mol. The monoisotopic (exact) mass is 330 g/mol. The molecule has 0 saturated carbocycles. The predicted octanol–water partition coefficient (Wildman–Crippen LogP) is 0.461. The highest BCUT2D eigenvalue weighted by Gasteiger charge is 2.15. The van der Waals surface area contributed by atoms with Gasteiger partial charge >= 0.3 is 0 Å². The van der Waals surface area contributed by atoms with Crippen LogP contribution in [0.2, 0.25) is 0 Å². The van der Waals surface area contributed by atoms with E-state index in [-0.39, 0.29) is 21.8 Å². The van der Waals surface area contributed by atoms with E-state index < -0.39 is 10.0 Å². The molecule has 0 atom stereocenters. The molecule has 0 radical (unpaired) electrons. The second kappa shape index (κ2) is 6.83. The summed E-state index contributed by atoms with van der Waals surface area (Å²) in [5.41, 5.74) is 8.58. The topological polar surface area (TPSA) is 119 Å². The van der Waals surface area contributed by atoms with Crippen molar-refractivity contribution in [2.75, 3.05) is 5.01 Å². The molecule has 0 saturated heterocycles. The van der Waals surface area contributed by atoms with Crippen molar-refractivity contribution >= 4 is 38.9 Å². The van der Waals surface area contributed by atoms with E-state index in [9.17, 15) is 13.2 Å². The minimum atomic E-state index is -3.77. The van der Waals surface area contributed by atoms with Gasteiger partial charge in [0.25, 0.3) is 0 Å². The van der Waals surface area contributed by atoms with E-state index >= 15 is 0 Å². The molecule has 116 valence electrons. The summed E-state index contributed by atoms with van der Waals surface area (Å²) in [6.45, 7) is 3.82. The number of hydrazine groups is 1. The van der Waals surface area contributed by atoms with Gasteiger partial charge in [-0.05, 0) is 42.4 Å². The summed E-state index contributed by atoms with van der Waals surface area (Å²) in [6, 6.07) is 5.53. The van der Waals surface area contributed by atoms with Crippen molar-refractivity contribution < 1.29 is 13.2 Å². The molecule has 0 aromatic heterocycles. The van der Waals surface area contributed by atoms with E-state index in [1.165, 1.54) is 29.3 Å². The van der Waals surface area contributed by atoms with E-state index in [4.69, 9.17) is 23.1 Å². The van der Waals surface area contributed by atoms with Crippen molar-refractivity contribution in [3.8, 4) is 0 Å². The van der Waals surface area contributed by atoms with Gasteiger partial charge in [0.1, 0.15) is 0 Å². The Morgan fingerprint density at radius 3 is 2.24 bits per heavy atom. The van der Waals surface area contributed by atoms with Crippen LogP contribution in [-0.4, -0.2) is 19.4 Å². The number of carbonyl (C=O) groups is 1. The summed E-state index contributed by atoms with van der Waals surface area (Å²) in [4.78, 5) is 11.7. The van der Waals surface area contributed by atoms with Gasteiger partial charge in [0.2, 0.25) is 15.9 Å². The number of primary sulfonamides is 1. The molecule has 1 aromatic carbocycles. The first-order valence-electron chi connectivity index (χ1n) is 6.13. The molecular weight excluding hydrogens is 312 g/mol. The molecule has 1 amide bonds. The van der Waals surface area contributed by atoms with Crippen LogP contribution in [0.15, 0.2) is 29.2 Å². The van der Waals surface area contributed by atoms with Crippen LogP contribution in [0.4, 0.5) is 5.69 Å². The largest absolute Gasteiger partial charge is 0.374 e. The van der Waals surface area contributed by atoms with Crippen molar-refractivity contribution in [3.63, 3.8) is 0 Å². The maximum Gasteiger partial charge on any atom is 0.239 e. The van der Waals surface area contributed by atoms with Gasteiger partial charge < -0.3 is 5.73 Å². The molecular formula is C12H18N4O3S2. The van der Waals surface area contributed by atoms with Gasteiger partial charge in [0.05, 0.1) is 10.6 Å². The number of thiocarbonyl (C=S) groups is 1. The lowest BCUT2D eigenvalue weighted by atomic mass is 10.1. The van der Waals surface area contributed by atoms with Gasteiger partial charge in [-0.2, -0.15) is 0 Å². The quantitative estimate of drug-likeness (QED) is 0.545. The molecule has 0 heterocycles. The number of carbonyl (C=O) groups excluding carboxylic acids is 1. The molecule has 0 bridgehead atoms. The second-order valence-corrected chi connectivity index (χ2v) is 6.83. The average Bonchev–Trinajstić information content (AvgIpc) is 2.34. The summed E-state index contributed by atoms with van der Waals surface area (Å²) in [5.74, 6) is -0.0590. The fraction of sp³-hybridized carbons (Fsp3) is 0.333. The van der Waals surface area contributed by atoms with Gasteiger partial charge in [0, 0.05) is 6.42 Å². The third kappa shape index (κ3) is 5.29. The fourth-order valence-corrected chi connectivity index (χ4v) is 2.24. The first kappa shape index (κ1) is 17.3. The molecule has 0 aliphatic rings. The summed E-state index contributed by atoms with van der Waals surface area (Å²) < 4.78 is 22.4. The first-order chi connectivity index (χ1) is 9.61. The van der Waals surface area contributed by atoms with Crippen molar-refractivity contribution in [3.05, 3.63) is 24.3 Å². The molecule has 7 nitrogen and oxygen atoms in total. The standard InChI is InChI=1S/C12H18N4O3S2/c1-8(2)7-11(17)15-16(12(13)20)9-3-5-10(6-4-9)21(14,18)19/h3-6,8H,7H2,1-2H3,(H2,13,20)(H,15,17)(H2,14,18,19). The zero-order chi connectivity index (χ0) is 16.2. The molecule has 1 rings (SSSR count). The lowest BCUT2D eigenvalue weighted by Crippen LogP contribution is -2.49. The minimum absolute atomic E-state index is 0.0392.